The van der Waals surface area contributed by atoms with E-state index in [1.807, 2.05) is 31.1 Å². The molecule has 1 unspecified atom stereocenters. The molecule has 2 N–H and O–H groups in total. The van der Waals surface area contributed by atoms with E-state index in [0.29, 0.717) is 21.6 Å². The molecule has 1 aliphatic rings. The number of aromatic nitrogens is 2. The molecule has 1 aliphatic heterocycles. The normalized spacial score (nSPS) is 17.0. The van der Waals surface area contributed by atoms with E-state index in [-0.39, 0.29) is 22.8 Å². The lowest BCUT2D eigenvalue weighted by Crippen LogP contribution is -2.30. The minimum absolute atomic E-state index is 0.0431. The smallest absolute Gasteiger partial charge is 0.302 e. The van der Waals surface area contributed by atoms with Crippen LogP contribution in [0.25, 0.3) is 16.8 Å². The Morgan fingerprint density at radius 3 is 2.51 bits per heavy atom. The molecular weight excluding hydrogens is 499 g/mol. The highest BCUT2D eigenvalue weighted by atomic mass is 35.5. The number of aromatic amines is 1. The number of aliphatic hydroxyl groups is 1. The Bertz CT molecular complexity index is 1580. The number of nitrogens with one attached hydrogen (secondary N) is 1. The van der Waals surface area contributed by atoms with E-state index in [1.165, 1.54) is 36.3 Å². The highest BCUT2D eigenvalue weighted by Crippen LogP contribution is 2.43. The largest absolute Gasteiger partial charge is 0.507 e. The first-order chi connectivity index (χ1) is 17.7. The number of carbonyl (C=O) groups excluding carboxylic acids is 2. The zero-order valence-corrected chi connectivity index (χ0v) is 20.9. The second-order valence-electron chi connectivity index (χ2n) is 8.72. The van der Waals surface area contributed by atoms with Gasteiger partial charge in [-0.05, 0) is 54.1 Å². The monoisotopic (exact) mass is 520 g/mol. The molecule has 0 spiro atoms. The van der Waals surface area contributed by atoms with Gasteiger partial charge in [-0.2, -0.15) is 0 Å². The van der Waals surface area contributed by atoms with Crippen LogP contribution < -0.4 is 14.5 Å². The maximum absolute atomic E-state index is 13.8. The van der Waals surface area contributed by atoms with Crippen LogP contribution in [0.15, 0.2) is 66.2 Å². The molecule has 1 fully saturated rings. The summed E-state index contributed by atoms with van der Waals surface area (Å²) >= 11 is 6.17. The Balaban J connectivity index is 1.75. The topological polar surface area (TPSA) is 98.8 Å². The van der Waals surface area contributed by atoms with Crippen LogP contribution in [0, 0.1) is 5.82 Å². The molecule has 1 atom stereocenters. The van der Waals surface area contributed by atoms with Crippen LogP contribution in [0.4, 0.5) is 16.0 Å². The number of nitrogens with zero attached hydrogens (tertiary/aromatic N) is 3. The summed E-state index contributed by atoms with van der Waals surface area (Å²) in [6.45, 7) is 0. The van der Waals surface area contributed by atoms with Gasteiger partial charge in [-0.3, -0.25) is 14.5 Å². The van der Waals surface area contributed by atoms with Crippen molar-refractivity contribution in [1.29, 1.82) is 0 Å². The van der Waals surface area contributed by atoms with Crippen LogP contribution in [-0.4, -0.2) is 48.0 Å². The number of amides is 1. The van der Waals surface area contributed by atoms with Gasteiger partial charge >= 0.3 is 5.91 Å². The fourth-order valence-corrected chi connectivity index (χ4v) is 4.59. The first kappa shape index (κ1) is 24.3. The Hall–Kier alpha value is -4.37. The number of hydrogen-bond acceptors (Lipinski definition) is 6. The molecule has 4 aromatic rings. The molecule has 10 heteroatoms. The average molecular weight is 521 g/mol. The van der Waals surface area contributed by atoms with Crippen molar-refractivity contribution >= 4 is 51.7 Å². The highest BCUT2D eigenvalue weighted by molar-refractivity contribution is 6.51. The van der Waals surface area contributed by atoms with Gasteiger partial charge in [-0.1, -0.05) is 23.7 Å². The molecule has 0 aliphatic carbocycles. The fraction of sp³-hybridized carbons (Fsp3) is 0.148. The standard InChI is InChI=1S/C27H22ClFN4O4/c1-32(2)17-8-4-14(5-9-17)23-22(24(34)18-12-15(28)6-11-21(18)37-3)25(35)26(36)33(23)27-30-19-10-7-16(29)13-20(19)31-27/h4-13,23,34H,1-3H3,(H,30,31)/b24-22+. The van der Waals surface area contributed by atoms with Gasteiger partial charge in [0.1, 0.15) is 17.3 Å². The number of rotatable bonds is 5. The third-order valence-electron chi connectivity index (χ3n) is 6.25. The number of aliphatic hydroxyl groups excluding tert-OH is 1. The van der Waals surface area contributed by atoms with Gasteiger partial charge in [0.25, 0.3) is 5.78 Å². The Labute approximate surface area is 216 Å². The van der Waals surface area contributed by atoms with Crippen LogP contribution in [0.2, 0.25) is 5.02 Å². The quantitative estimate of drug-likeness (QED) is 0.217. The van der Waals surface area contributed by atoms with Crippen LogP contribution in [-0.2, 0) is 9.59 Å². The predicted molar refractivity (Wildman–Crippen MR) is 140 cm³/mol. The van der Waals surface area contributed by atoms with Gasteiger partial charge in [0.2, 0.25) is 5.95 Å². The number of halogens is 2. The molecule has 1 aromatic heterocycles. The summed E-state index contributed by atoms with van der Waals surface area (Å²) in [5.41, 5.74) is 2.23. The minimum Gasteiger partial charge on any atom is -0.507 e. The van der Waals surface area contributed by atoms with Crippen LogP contribution >= 0.6 is 11.6 Å². The van der Waals surface area contributed by atoms with Gasteiger partial charge < -0.3 is 19.7 Å². The molecule has 188 valence electrons. The van der Waals surface area contributed by atoms with Crippen molar-refractivity contribution < 1.29 is 23.8 Å². The number of carbonyl (C=O) groups is 2. The molecule has 0 saturated carbocycles. The third kappa shape index (κ3) is 4.17. The molecule has 5 rings (SSSR count). The first-order valence-electron chi connectivity index (χ1n) is 11.3. The molecule has 1 saturated heterocycles. The van der Waals surface area contributed by atoms with Crippen LogP contribution in [0.3, 0.4) is 0 Å². The summed E-state index contributed by atoms with van der Waals surface area (Å²) in [7, 11) is 5.20. The summed E-state index contributed by atoms with van der Waals surface area (Å²) < 4.78 is 19.2. The molecule has 3 aromatic carbocycles. The number of Topliss-reactive ketones (excluding diaryl/α,β-unsaturated/α-hetero) is 1. The SMILES string of the molecule is COc1ccc(Cl)cc1/C(O)=C1\C(=O)C(=O)N(c2nc3ccc(F)cc3[nH]2)C1c1ccc(N(C)C)cc1. The maximum atomic E-state index is 13.8. The number of ketones is 1. The number of fused-ring (bicyclic) bond motifs is 1. The van der Waals surface area contributed by atoms with E-state index in [1.54, 1.807) is 24.3 Å². The van der Waals surface area contributed by atoms with Gasteiger partial charge in [-0.15, -0.1) is 0 Å². The van der Waals surface area contributed by atoms with Crippen molar-refractivity contribution in [2.45, 2.75) is 6.04 Å². The second kappa shape index (κ2) is 9.25. The predicted octanol–water partition coefficient (Wildman–Crippen LogP) is 5.06. The van der Waals surface area contributed by atoms with Crippen molar-refractivity contribution in [1.82, 2.24) is 9.97 Å². The van der Waals surface area contributed by atoms with E-state index in [0.717, 1.165) is 5.69 Å². The molecule has 2 heterocycles. The number of anilines is 2. The summed E-state index contributed by atoms with van der Waals surface area (Å²) in [5.74, 6) is -2.41. The van der Waals surface area contributed by atoms with E-state index in [2.05, 4.69) is 9.97 Å². The Morgan fingerprint density at radius 2 is 1.84 bits per heavy atom. The Morgan fingerprint density at radius 1 is 1.11 bits per heavy atom. The zero-order valence-electron chi connectivity index (χ0n) is 20.1. The number of benzene rings is 3. The molecule has 37 heavy (non-hydrogen) atoms. The molecule has 0 bridgehead atoms. The molecule has 8 nitrogen and oxygen atoms in total. The minimum atomic E-state index is -1.04. The summed E-state index contributed by atoms with van der Waals surface area (Å²) in [6, 6.07) is 14.7. The third-order valence-corrected chi connectivity index (χ3v) is 6.48. The van der Waals surface area contributed by atoms with Gasteiger partial charge in [0.05, 0.1) is 35.3 Å². The Kier molecular flexibility index (Phi) is 6.08. The number of imidazole rings is 1. The van der Waals surface area contributed by atoms with E-state index < -0.39 is 29.3 Å². The number of H-pyrrole nitrogens is 1. The number of hydrogen-bond donors (Lipinski definition) is 2. The summed E-state index contributed by atoms with van der Waals surface area (Å²) in [5, 5.41) is 11.7. The molecule has 0 radical (unpaired) electrons. The van der Waals surface area contributed by atoms with Crippen molar-refractivity contribution in [2.75, 3.05) is 31.0 Å². The van der Waals surface area contributed by atoms with Gasteiger partial charge in [-0.25, -0.2) is 9.37 Å². The second-order valence-corrected chi connectivity index (χ2v) is 9.16. The lowest BCUT2D eigenvalue weighted by molar-refractivity contribution is -0.132. The summed E-state index contributed by atoms with van der Waals surface area (Å²) in [4.78, 5) is 37.3. The zero-order chi connectivity index (χ0) is 26.4. The van der Waals surface area contributed by atoms with E-state index >= 15 is 0 Å². The van der Waals surface area contributed by atoms with E-state index in [4.69, 9.17) is 16.3 Å². The van der Waals surface area contributed by atoms with Crippen LogP contribution in [0.5, 0.6) is 5.75 Å². The molecular formula is C27H22ClFN4O4. The summed E-state index contributed by atoms with van der Waals surface area (Å²) in [6.07, 6.45) is 0. The van der Waals surface area contributed by atoms with Crippen molar-refractivity contribution in [3.8, 4) is 5.75 Å². The maximum Gasteiger partial charge on any atom is 0.302 e. The van der Waals surface area contributed by atoms with Crippen molar-refractivity contribution in [3.05, 3.63) is 88.2 Å². The average Bonchev–Trinajstić information content (AvgIpc) is 3.41. The van der Waals surface area contributed by atoms with E-state index in [9.17, 15) is 19.1 Å². The van der Waals surface area contributed by atoms with Crippen molar-refractivity contribution in [2.24, 2.45) is 0 Å². The number of methoxy groups -OCH3 is 1. The van der Waals surface area contributed by atoms with Gasteiger partial charge in [0, 0.05) is 24.8 Å². The number of ether oxygens (including phenoxy) is 1. The highest BCUT2D eigenvalue weighted by Gasteiger charge is 2.48. The fourth-order valence-electron chi connectivity index (χ4n) is 4.41. The molecule has 1 amide bonds. The van der Waals surface area contributed by atoms with Crippen LogP contribution in [0.1, 0.15) is 17.2 Å². The lowest BCUT2D eigenvalue weighted by atomic mass is 9.95. The lowest BCUT2D eigenvalue weighted by Gasteiger charge is -2.24. The van der Waals surface area contributed by atoms with Crippen molar-refractivity contribution in [3.63, 3.8) is 0 Å². The first-order valence-corrected chi connectivity index (χ1v) is 11.6. The van der Waals surface area contributed by atoms with Gasteiger partial charge in [0.15, 0.2) is 0 Å².